The SMILES string of the molecule is CCCCCCCC/C=C\CCCC(CCCCN(CCCCCCCCCCCCCCCCCC)C(=O)CN)C(=O)O.NCCCNCCCCNCCCN. The number of carboxylic acid groups (broad SMARTS) is 1. The predicted molar refractivity (Wildman–Crippen MR) is 253 cm³/mol. The average molecular weight is 823 g/mol. The van der Waals surface area contributed by atoms with E-state index < -0.39 is 5.97 Å². The molecule has 9 nitrogen and oxygen atoms in total. The number of amides is 1. The van der Waals surface area contributed by atoms with Gasteiger partial charge in [-0.3, -0.25) is 9.59 Å². The normalized spacial score (nSPS) is 11.9. The highest BCUT2D eigenvalue weighted by atomic mass is 16.4. The van der Waals surface area contributed by atoms with Gasteiger partial charge in [0.1, 0.15) is 0 Å². The molecule has 0 aliphatic carbocycles. The molecule has 1 unspecified atom stereocenters. The fourth-order valence-corrected chi connectivity index (χ4v) is 7.39. The maximum atomic E-state index is 12.4. The molecule has 0 aromatic carbocycles. The Morgan fingerprint density at radius 3 is 1.26 bits per heavy atom. The van der Waals surface area contributed by atoms with Crippen molar-refractivity contribution in [3.63, 3.8) is 0 Å². The van der Waals surface area contributed by atoms with Gasteiger partial charge in [0.2, 0.25) is 5.91 Å². The van der Waals surface area contributed by atoms with Crippen LogP contribution < -0.4 is 27.8 Å². The Labute approximate surface area is 361 Å². The molecule has 0 saturated heterocycles. The van der Waals surface area contributed by atoms with Gasteiger partial charge in [-0.15, -0.1) is 0 Å². The van der Waals surface area contributed by atoms with E-state index in [0.717, 1.165) is 104 Å². The molecule has 0 fully saturated rings. The highest BCUT2D eigenvalue weighted by Gasteiger charge is 2.17. The van der Waals surface area contributed by atoms with E-state index in [1.54, 1.807) is 0 Å². The van der Waals surface area contributed by atoms with Crippen LogP contribution in [0.5, 0.6) is 0 Å². The van der Waals surface area contributed by atoms with Gasteiger partial charge in [0.15, 0.2) is 0 Å². The van der Waals surface area contributed by atoms with Crippen molar-refractivity contribution in [1.29, 1.82) is 0 Å². The summed E-state index contributed by atoms with van der Waals surface area (Å²) in [7, 11) is 0. The first-order valence-electron chi connectivity index (χ1n) is 25.1. The number of rotatable bonds is 46. The molecule has 0 rings (SSSR count). The molecule has 0 aromatic rings. The summed E-state index contributed by atoms with van der Waals surface area (Å²) in [5, 5.41) is 16.4. The zero-order valence-electron chi connectivity index (χ0n) is 38.9. The highest BCUT2D eigenvalue weighted by molar-refractivity contribution is 5.77. The monoisotopic (exact) mass is 823 g/mol. The van der Waals surface area contributed by atoms with Crippen LogP contribution in [-0.2, 0) is 9.59 Å². The van der Waals surface area contributed by atoms with Gasteiger partial charge in [0.05, 0.1) is 12.5 Å². The summed E-state index contributed by atoms with van der Waals surface area (Å²) in [5.41, 5.74) is 16.4. The lowest BCUT2D eigenvalue weighted by Gasteiger charge is -2.22. The molecule has 0 aromatic heterocycles. The minimum absolute atomic E-state index is 0.0218. The van der Waals surface area contributed by atoms with Gasteiger partial charge in [-0.2, -0.15) is 0 Å². The molecule has 0 aliphatic heterocycles. The van der Waals surface area contributed by atoms with Gasteiger partial charge >= 0.3 is 5.97 Å². The fraction of sp³-hybridized carbons (Fsp3) is 0.918. The summed E-state index contributed by atoms with van der Waals surface area (Å²) in [6, 6.07) is 0. The molecule has 0 radical (unpaired) electrons. The van der Waals surface area contributed by atoms with E-state index in [9.17, 15) is 14.7 Å². The average Bonchev–Trinajstić information content (AvgIpc) is 3.23. The maximum absolute atomic E-state index is 12.4. The van der Waals surface area contributed by atoms with Crippen LogP contribution in [0.2, 0.25) is 0 Å². The minimum Gasteiger partial charge on any atom is -0.481 e. The third-order valence-corrected chi connectivity index (χ3v) is 11.3. The smallest absolute Gasteiger partial charge is 0.306 e. The van der Waals surface area contributed by atoms with Crippen LogP contribution >= 0.6 is 0 Å². The first-order valence-corrected chi connectivity index (χ1v) is 25.1. The van der Waals surface area contributed by atoms with E-state index in [1.165, 1.54) is 148 Å². The summed E-state index contributed by atoms with van der Waals surface area (Å²) in [6.07, 6.45) is 44.7. The van der Waals surface area contributed by atoms with E-state index in [1.807, 2.05) is 4.90 Å². The van der Waals surface area contributed by atoms with Crippen molar-refractivity contribution >= 4 is 11.9 Å². The molecule has 9 heteroatoms. The second-order valence-corrected chi connectivity index (χ2v) is 16.9. The molecule has 0 aliphatic rings. The number of carbonyl (C=O) groups excluding carboxylic acids is 1. The van der Waals surface area contributed by atoms with Crippen LogP contribution in [0.4, 0.5) is 0 Å². The van der Waals surface area contributed by atoms with Crippen LogP contribution in [-0.4, -0.2) is 80.8 Å². The summed E-state index contributed by atoms with van der Waals surface area (Å²) in [4.78, 5) is 26.1. The van der Waals surface area contributed by atoms with Crippen LogP contribution in [0.15, 0.2) is 12.2 Å². The van der Waals surface area contributed by atoms with Gasteiger partial charge in [-0.25, -0.2) is 0 Å². The van der Waals surface area contributed by atoms with Crippen molar-refractivity contribution in [3.05, 3.63) is 12.2 Å². The van der Waals surface area contributed by atoms with Crippen LogP contribution in [0, 0.1) is 5.92 Å². The first-order chi connectivity index (χ1) is 28.5. The summed E-state index contributed by atoms with van der Waals surface area (Å²) < 4.78 is 0. The number of nitrogens with two attached hydrogens (primary N) is 3. The fourth-order valence-electron chi connectivity index (χ4n) is 7.39. The third kappa shape index (κ3) is 47.2. The van der Waals surface area contributed by atoms with Crippen molar-refractivity contribution in [1.82, 2.24) is 15.5 Å². The van der Waals surface area contributed by atoms with E-state index in [-0.39, 0.29) is 18.4 Å². The number of carbonyl (C=O) groups is 2. The zero-order valence-corrected chi connectivity index (χ0v) is 38.9. The number of nitrogens with zero attached hydrogens (tertiary/aromatic N) is 1. The predicted octanol–water partition coefficient (Wildman–Crippen LogP) is 11.0. The summed E-state index contributed by atoms with van der Waals surface area (Å²) in [6.45, 7) is 12.0. The Kier molecular flexibility index (Phi) is 52.1. The lowest BCUT2D eigenvalue weighted by molar-refractivity contribution is -0.142. The van der Waals surface area contributed by atoms with Crippen molar-refractivity contribution in [2.24, 2.45) is 23.1 Å². The minimum atomic E-state index is -0.677. The molecule has 1 amide bonds. The number of allylic oxidation sites excluding steroid dienone is 2. The standard InChI is InChI=1S/C39H76N2O3.C10H26N4/c1-3-5-7-9-11-13-15-16-17-18-19-21-23-25-27-30-34-41(38(42)36-40)35-31-29-33-37(39(43)44)32-28-26-24-22-20-14-12-10-8-6-4-2;11-5-3-9-13-7-1-2-8-14-10-4-6-12/h22,24,37H,3-21,23,25-36,40H2,1-2H3,(H,43,44);13-14H,1-12H2/b24-22-;. The Hall–Kier alpha value is -1.52. The highest BCUT2D eigenvalue weighted by Crippen LogP contribution is 2.18. The van der Waals surface area contributed by atoms with Crippen molar-refractivity contribution in [2.45, 2.75) is 226 Å². The van der Waals surface area contributed by atoms with Crippen molar-refractivity contribution < 1.29 is 14.7 Å². The second-order valence-electron chi connectivity index (χ2n) is 16.9. The molecule has 9 N–H and O–H groups in total. The number of nitrogens with one attached hydrogen (secondary N) is 2. The second kappa shape index (κ2) is 51.6. The molecule has 0 heterocycles. The Morgan fingerprint density at radius 2 is 0.845 bits per heavy atom. The van der Waals surface area contributed by atoms with E-state index >= 15 is 0 Å². The van der Waals surface area contributed by atoms with Gasteiger partial charge in [-0.1, -0.05) is 161 Å². The quantitative estimate of drug-likeness (QED) is 0.0261. The van der Waals surface area contributed by atoms with Gasteiger partial charge < -0.3 is 37.8 Å². The van der Waals surface area contributed by atoms with E-state index in [4.69, 9.17) is 17.2 Å². The first kappa shape index (κ1) is 58.6. The molecule has 0 spiro atoms. The number of aliphatic carboxylic acids is 1. The van der Waals surface area contributed by atoms with Crippen LogP contribution in [0.1, 0.15) is 226 Å². The van der Waals surface area contributed by atoms with E-state index in [0.29, 0.717) is 13.0 Å². The summed E-state index contributed by atoms with van der Waals surface area (Å²) >= 11 is 0. The molecule has 0 bridgehead atoms. The molecule has 1 atom stereocenters. The zero-order chi connectivity index (χ0) is 42.8. The Bertz CT molecular complexity index is 833. The lowest BCUT2D eigenvalue weighted by Crippen LogP contribution is -2.37. The van der Waals surface area contributed by atoms with Gasteiger partial charge in [-0.05, 0) is 116 Å². The number of hydrogen-bond donors (Lipinski definition) is 6. The molecular formula is C49H102N6O3. The number of unbranched alkanes of at least 4 members (excludes halogenated alkanes) is 24. The van der Waals surface area contributed by atoms with Gasteiger partial charge in [0.25, 0.3) is 0 Å². The molecule has 58 heavy (non-hydrogen) atoms. The lowest BCUT2D eigenvalue weighted by atomic mass is 9.95. The topological polar surface area (TPSA) is 160 Å². The number of hydrogen-bond acceptors (Lipinski definition) is 7. The van der Waals surface area contributed by atoms with Crippen LogP contribution in [0.3, 0.4) is 0 Å². The van der Waals surface area contributed by atoms with E-state index in [2.05, 4.69) is 36.6 Å². The molecular weight excluding hydrogens is 721 g/mol. The van der Waals surface area contributed by atoms with Crippen molar-refractivity contribution in [2.75, 3.05) is 58.9 Å². The Balaban J connectivity index is 0. The molecule has 0 saturated carbocycles. The molecule has 346 valence electrons. The van der Waals surface area contributed by atoms with Crippen LogP contribution in [0.25, 0.3) is 0 Å². The third-order valence-electron chi connectivity index (χ3n) is 11.3. The Morgan fingerprint density at radius 1 is 0.483 bits per heavy atom. The van der Waals surface area contributed by atoms with Gasteiger partial charge in [0, 0.05) is 13.1 Å². The van der Waals surface area contributed by atoms with Crippen molar-refractivity contribution in [3.8, 4) is 0 Å². The summed E-state index contributed by atoms with van der Waals surface area (Å²) in [5.74, 6) is -0.932. The maximum Gasteiger partial charge on any atom is 0.306 e. The number of carboxylic acids is 1. The largest absolute Gasteiger partial charge is 0.481 e.